The highest BCUT2D eigenvalue weighted by molar-refractivity contribution is 7.98. The summed E-state index contributed by atoms with van der Waals surface area (Å²) in [6.45, 7) is 6.06. The molecule has 158 valence electrons. The van der Waals surface area contributed by atoms with Crippen LogP contribution in [0.3, 0.4) is 0 Å². The van der Waals surface area contributed by atoms with E-state index < -0.39 is 5.92 Å². The third-order valence-corrected chi connectivity index (χ3v) is 5.98. The fourth-order valence-corrected chi connectivity index (χ4v) is 4.49. The zero-order chi connectivity index (χ0) is 21.8. The first-order valence-electron chi connectivity index (χ1n) is 10.00. The Morgan fingerprint density at radius 3 is 2.87 bits per heavy atom. The molecule has 0 radical (unpaired) electrons. The number of amides is 1. The van der Waals surface area contributed by atoms with Crippen molar-refractivity contribution in [1.29, 1.82) is 0 Å². The summed E-state index contributed by atoms with van der Waals surface area (Å²) in [6, 6.07) is 15.6. The number of ether oxygens (including phenoxy) is 1. The predicted octanol–water partition coefficient (Wildman–Crippen LogP) is 4.41. The van der Waals surface area contributed by atoms with Gasteiger partial charge in [0.1, 0.15) is 18.2 Å². The number of para-hydroxylation sites is 1. The van der Waals surface area contributed by atoms with Crippen LogP contribution in [0, 0.1) is 6.92 Å². The van der Waals surface area contributed by atoms with Gasteiger partial charge in [0.15, 0.2) is 5.16 Å². The van der Waals surface area contributed by atoms with Crippen LogP contribution in [0.25, 0.3) is 0 Å². The Kier molecular flexibility index (Phi) is 6.23. The van der Waals surface area contributed by atoms with E-state index in [9.17, 15) is 9.59 Å². The second-order valence-corrected chi connectivity index (χ2v) is 8.32. The summed E-state index contributed by atoms with van der Waals surface area (Å²) in [4.78, 5) is 32.9. The van der Waals surface area contributed by atoms with Crippen molar-refractivity contribution in [2.45, 2.75) is 30.2 Å². The number of anilines is 1. The minimum absolute atomic E-state index is 0.155. The summed E-state index contributed by atoms with van der Waals surface area (Å²) >= 11 is 1.43. The fourth-order valence-electron chi connectivity index (χ4n) is 3.69. The van der Waals surface area contributed by atoms with Gasteiger partial charge in [-0.15, -0.1) is 0 Å². The Morgan fingerprint density at radius 1 is 1.23 bits per heavy atom. The van der Waals surface area contributed by atoms with E-state index in [0.717, 1.165) is 11.1 Å². The standard InChI is InChI=1S/C24H23N3O3S/c1-3-11-30-19-10-5-4-9-17(19)18-13-20(28)25-22-21(18)23(29)27-24(26-22)31-14-16-8-6-7-15(2)12-16/h3-10,12,18H,1,11,13-14H2,2H3,(H2,25,26,27,28,29)/t18-/m1/s1. The highest BCUT2D eigenvalue weighted by Gasteiger charge is 2.32. The molecule has 0 spiro atoms. The van der Waals surface area contributed by atoms with Crippen molar-refractivity contribution in [3.8, 4) is 5.75 Å². The smallest absolute Gasteiger partial charge is 0.257 e. The van der Waals surface area contributed by atoms with Gasteiger partial charge in [0.2, 0.25) is 5.91 Å². The lowest BCUT2D eigenvalue weighted by Gasteiger charge is -2.26. The second-order valence-electron chi connectivity index (χ2n) is 7.35. The monoisotopic (exact) mass is 433 g/mol. The molecule has 1 aliphatic rings. The van der Waals surface area contributed by atoms with Crippen LogP contribution in [-0.2, 0) is 10.5 Å². The lowest BCUT2D eigenvalue weighted by atomic mass is 9.86. The van der Waals surface area contributed by atoms with Crippen molar-refractivity contribution in [2.24, 2.45) is 0 Å². The first-order valence-corrected chi connectivity index (χ1v) is 11.0. The molecule has 1 atom stereocenters. The number of aromatic amines is 1. The number of carbonyl (C=O) groups is 1. The van der Waals surface area contributed by atoms with Crippen LogP contribution in [0.1, 0.15) is 34.6 Å². The van der Waals surface area contributed by atoms with E-state index in [-0.39, 0.29) is 17.9 Å². The van der Waals surface area contributed by atoms with Crippen LogP contribution < -0.4 is 15.6 Å². The molecule has 2 aromatic carbocycles. The average molecular weight is 434 g/mol. The van der Waals surface area contributed by atoms with Crippen LogP contribution in [0.15, 0.2) is 71.1 Å². The zero-order valence-electron chi connectivity index (χ0n) is 17.2. The van der Waals surface area contributed by atoms with Gasteiger partial charge in [0.05, 0.1) is 5.56 Å². The summed E-state index contributed by atoms with van der Waals surface area (Å²) in [7, 11) is 0. The van der Waals surface area contributed by atoms with Gasteiger partial charge in [0.25, 0.3) is 5.56 Å². The molecule has 0 bridgehead atoms. The number of aromatic nitrogens is 2. The molecule has 1 aliphatic heterocycles. The number of nitrogens with zero attached hydrogens (tertiary/aromatic N) is 1. The van der Waals surface area contributed by atoms with Crippen molar-refractivity contribution in [2.75, 3.05) is 11.9 Å². The maximum Gasteiger partial charge on any atom is 0.257 e. The van der Waals surface area contributed by atoms with E-state index in [1.807, 2.05) is 49.4 Å². The van der Waals surface area contributed by atoms with Crippen molar-refractivity contribution < 1.29 is 9.53 Å². The molecule has 2 N–H and O–H groups in total. The number of nitrogens with one attached hydrogen (secondary N) is 2. The minimum atomic E-state index is -0.433. The van der Waals surface area contributed by atoms with Crippen molar-refractivity contribution >= 4 is 23.5 Å². The van der Waals surface area contributed by atoms with E-state index >= 15 is 0 Å². The van der Waals surface area contributed by atoms with Crippen LogP contribution in [-0.4, -0.2) is 22.5 Å². The van der Waals surface area contributed by atoms with Crippen molar-refractivity contribution in [3.63, 3.8) is 0 Å². The lowest BCUT2D eigenvalue weighted by molar-refractivity contribution is -0.116. The first-order chi connectivity index (χ1) is 15.0. The molecule has 6 nitrogen and oxygen atoms in total. The molecule has 0 aliphatic carbocycles. The molecule has 0 fully saturated rings. The Bertz CT molecular complexity index is 1190. The molecule has 0 saturated heterocycles. The minimum Gasteiger partial charge on any atom is -0.489 e. The molecule has 1 aromatic heterocycles. The summed E-state index contributed by atoms with van der Waals surface area (Å²) in [5.41, 5.74) is 3.31. The number of fused-ring (bicyclic) bond motifs is 1. The van der Waals surface area contributed by atoms with Crippen LogP contribution in [0.5, 0.6) is 5.75 Å². The third kappa shape index (κ3) is 4.72. The Morgan fingerprint density at radius 2 is 2.06 bits per heavy atom. The van der Waals surface area contributed by atoms with E-state index in [1.165, 1.54) is 17.3 Å². The van der Waals surface area contributed by atoms with Gasteiger partial charge < -0.3 is 15.0 Å². The molecule has 7 heteroatoms. The lowest BCUT2D eigenvalue weighted by Crippen LogP contribution is -2.31. The molecule has 2 heterocycles. The number of hydrogen-bond donors (Lipinski definition) is 2. The van der Waals surface area contributed by atoms with Gasteiger partial charge >= 0.3 is 0 Å². The van der Waals surface area contributed by atoms with Crippen molar-refractivity contribution in [3.05, 3.63) is 93.8 Å². The molecular weight excluding hydrogens is 410 g/mol. The van der Waals surface area contributed by atoms with Gasteiger partial charge in [-0.2, -0.15) is 0 Å². The topological polar surface area (TPSA) is 84.1 Å². The summed E-state index contributed by atoms with van der Waals surface area (Å²) in [5, 5.41) is 3.24. The number of hydrogen-bond acceptors (Lipinski definition) is 5. The Balaban J connectivity index is 1.66. The molecule has 1 amide bonds. The van der Waals surface area contributed by atoms with Gasteiger partial charge in [-0.05, 0) is 18.6 Å². The molecule has 0 unspecified atom stereocenters. The number of aryl methyl sites for hydroxylation is 1. The highest BCUT2D eigenvalue weighted by atomic mass is 32.2. The van der Waals surface area contributed by atoms with E-state index in [4.69, 9.17) is 4.74 Å². The maximum atomic E-state index is 13.0. The van der Waals surface area contributed by atoms with E-state index in [1.54, 1.807) is 6.08 Å². The second kappa shape index (κ2) is 9.22. The maximum absolute atomic E-state index is 13.0. The highest BCUT2D eigenvalue weighted by Crippen LogP contribution is 2.38. The SMILES string of the molecule is C=CCOc1ccccc1[C@H]1CC(=O)Nc2nc(SCc3cccc(C)c3)[nH]c(=O)c21. The molecule has 0 saturated carbocycles. The normalized spacial score (nSPS) is 15.1. The first kappa shape index (κ1) is 20.9. The largest absolute Gasteiger partial charge is 0.489 e. The number of carbonyl (C=O) groups excluding carboxylic acids is 1. The number of thioether (sulfide) groups is 1. The van der Waals surface area contributed by atoms with Crippen LogP contribution >= 0.6 is 11.8 Å². The predicted molar refractivity (Wildman–Crippen MR) is 123 cm³/mol. The average Bonchev–Trinajstić information content (AvgIpc) is 2.75. The Hall–Kier alpha value is -3.32. The van der Waals surface area contributed by atoms with Gasteiger partial charge in [-0.25, -0.2) is 4.98 Å². The summed E-state index contributed by atoms with van der Waals surface area (Å²) in [5.74, 6) is 1.00. The third-order valence-electron chi connectivity index (χ3n) is 5.04. The van der Waals surface area contributed by atoms with E-state index in [0.29, 0.717) is 34.6 Å². The zero-order valence-corrected chi connectivity index (χ0v) is 18.0. The molecule has 31 heavy (non-hydrogen) atoms. The summed E-state index contributed by atoms with van der Waals surface area (Å²) < 4.78 is 5.76. The van der Waals surface area contributed by atoms with Gasteiger partial charge in [0, 0.05) is 23.7 Å². The summed E-state index contributed by atoms with van der Waals surface area (Å²) in [6.07, 6.45) is 1.81. The Labute approximate surface area is 184 Å². The quantitative estimate of drug-likeness (QED) is 0.328. The van der Waals surface area contributed by atoms with Crippen molar-refractivity contribution in [1.82, 2.24) is 9.97 Å². The molecule has 3 aromatic rings. The number of rotatable bonds is 7. The number of H-pyrrole nitrogens is 1. The van der Waals surface area contributed by atoms with Crippen LogP contribution in [0.2, 0.25) is 0 Å². The van der Waals surface area contributed by atoms with Gasteiger partial charge in [-0.1, -0.05) is 72.4 Å². The fraction of sp³-hybridized carbons (Fsp3) is 0.208. The molecule has 4 rings (SSSR count). The molecular formula is C24H23N3O3S. The van der Waals surface area contributed by atoms with Crippen LogP contribution in [0.4, 0.5) is 5.82 Å². The van der Waals surface area contributed by atoms with E-state index in [2.05, 4.69) is 27.9 Å². The number of benzene rings is 2. The van der Waals surface area contributed by atoms with Gasteiger partial charge in [-0.3, -0.25) is 9.59 Å².